The van der Waals surface area contributed by atoms with E-state index in [-0.39, 0.29) is 35.9 Å². The summed E-state index contributed by atoms with van der Waals surface area (Å²) < 4.78 is 49.9. The van der Waals surface area contributed by atoms with Crippen molar-refractivity contribution in [3.05, 3.63) is 23.4 Å². The molecule has 0 saturated carbocycles. The molecular formula is C18H20F3N3O4. The molecule has 3 rings (SSSR count). The van der Waals surface area contributed by atoms with E-state index in [2.05, 4.69) is 15.8 Å². The first-order valence-electron chi connectivity index (χ1n) is 9.01. The number of hydrogen-bond acceptors (Lipinski definition) is 5. The van der Waals surface area contributed by atoms with Crippen LogP contribution in [0.1, 0.15) is 43.9 Å². The molecule has 152 valence electrons. The summed E-state index contributed by atoms with van der Waals surface area (Å²) in [6, 6.07) is 2.03. The number of carbonyl (C=O) groups is 2. The molecule has 0 aliphatic carbocycles. The van der Waals surface area contributed by atoms with Crippen LogP contribution in [0.15, 0.2) is 16.7 Å². The fourth-order valence-corrected chi connectivity index (χ4v) is 3.23. The van der Waals surface area contributed by atoms with Gasteiger partial charge in [0.1, 0.15) is 5.75 Å². The lowest BCUT2D eigenvalue weighted by atomic mass is 10.0. The standard InChI is InChI=1S/C18H20F3N3O4/c1-2-4-11-13(7-6-12-15(11)28-24-16(12)18(19,20)21)27-8-3-5-10-9-14(25)23-17(26)22-10/h6-7,10H,2-5,8-9H2,1H3,(H2,22,23,25,26). The minimum atomic E-state index is -4.59. The molecule has 0 spiro atoms. The zero-order valence-corrected chi connectivity index (χ0v) is 15.2. The number of urea groups is 1. The molecule has 0 radical (unpaired) electrons. The molecule has 10 heteroatoms. The van der Waals surface area contributed by atoms with E-state index in [9.17, 15) is 22.8 Å². The first-order chi connectivity index (χ1) is 13.3. The second-order valence-electron chi connectivity index (χ2n) is 6.61. The molecule has 1 aromatic heterocycles. The van der Waals surface area contributed by atoms with E-state index in [1.54, 1.807) is 0 Å². The Balaban J connectivity index is 1.68. The summed E-state index contributed by atoms with van der Waals surface area (Å²) >= 11 is 0. The predicted octanol–water partition coefficient (Wildman–Crippen LogP) is 3.56. The second-order valence-corrected chi connectivity index (χ2v) is 6.61. The van der Waals surface area contributed by atoms with Crippen LogP contribution in [0.25, 0.3) is 11.0 Å². The van der Waals surface area contributed by atoms with E-state index >= 15 is 0 Å². The molecule has 2 aromatic rings. The lowest BCUT2D eigenvalue weighted by Gasteiger charge is -2.23. The highest BCUT2D eigenvalue weighted by atomic mass is 19.4. The average molecular weight is 399 g/mol. The van der Waals surface area contributed by atoms with Gasteiger partial charge in [0.05, 0.1) is 12.0 Å². The number of ether oxygens (including phenoxy) is 1. The van der Waals surface area contributed by atoms with Crippen molar-refractivity contribution in [3.8, 4) is 5.75 Å². The first-order valence-corrected chi connectivity index (χ1v) is 9.01. The van der Waals surface area contributed by atoms with Gasteiger partial charge in [-0.2, -0.15) is 13.2 Å². The molecule has 1 fully saturated rings. The van der Waals surface area contributed by atoms with E-state index in [1.807, 2.05) is 6.92 Å². The Bertz CT molecular complexity index is 863. The summed E-state index contributed by atoms with van der Waals surface area (Å²) in [6.45, 7) is 2.19. The number of rotatable bonds is 7. The highest BCUT2D eigenvalue weighted by molar-refractivity contribution is 5.97. The van der Waals surface area contributed by atoms with Crippen LogP contribution in [0.4, 0.5) is 18.0 Å². The molecule has 28 heavy (non-hydrogen) atoms. The zero-order valence-electron chi connectivity index (χ0n) is 15.2. The van der Waals surface area contributed by atoms with Crippen LogP contribution in [0.2, 0.25) is 0 Å². The molecule has 1 atom stereocenters. The topological polar surface area (TPSA) is 93.5 Å². The predicted molar refractivity (Wildman–Crippen MR) is 92.8 cm³/mol. The largest absolute Gasteiger partial charge is 0.493 e. The molecule has 1 saturated heterocycles. The molecule has 1 aromatic carbocycles. The summed E-state index contributed by atoms with van der Waals surface area (Å²) in [7, 11) is 0. The zero-order chi connectivity index (χ0) is 20.3. The average Bonchev–Trinajstić information content (AvgIpc) is 3.04. The Morgan fingerprint density at radius 2 is 2.11 bits per heavy atom. The van der Waals surface area contributed by atoms with Gasteiger partial charge in [-0.05, 0) is 31.4 Å². The Morgan fingerprint density at radius 1 is 1.32 bits per heavy atom. The van der Waals surface area contributed by atoms with Crippen molar-refractivity contribution in [1.29, 1.82) is 0 Å². The molecule has 1 aliphatic rings. The third kappa shape index (κ3) is 4.37. The number of aromatic nitrogens is 1. The summed E-state index contributed by atoms with van der Waals surface area (Å²) in [4.78, 5) is 22.6. The molecule has 2 N–H and O–H groups in total. The molecule has 1 unspecified atom stereocenters. The van der Waals surface area contributed by atoms with Gasteiger partial charge in [-0.25, -0.2) is 4.79 Å². The van der Waals surface area contributed by atoms with Crippen molar-refractivity contribution in [2.24, 2.45) is 0 Å². The SMILES string of the molecule is CCCc1c(OCCCC2CC(=O)NC(=O)N2)ccc2c(C(F)(F)F)noc12. The number of aryl methyl sites for hydroxylation is 1. The minimum absolute atomic E-state index is 0.0840. The Hall–Kier alpha value is -2.78. The van der Waals surface area contributed by atoms with E-state index in [0.29, 0.717) is 37.0 Å². The highest BCUT2D eigenvalue weighted by Gasteiger charge is 2.37. The quantitative estimate of drug-likeness (QED) is 0.695. The van der Waals surface area contributed by atoms with Crippen molar-refractivity contribution in [2.75, 3.05) is 6.61 Å². The molecule has 3 amide bonds. The van der Waals surface area contributed by atoms with Crippen molar-refractivity contribution in [1.82, 2.24) is 15.8 Å². The van der Waals surface area contributed by atoms with E-state index in [0.717, 1.165) is 0 Å². The van der Waals surface area contributed by atoms with E-state index < -0.39 is 17.9 Å². The lowest BCUT2D eigenvalue weighted by Crippen LogP contribution is -2.52. The second kappa shape index (κ2) is 8.07. The van der Waals surface area contributed by atoms with Gasteiger partial charge in [0.15, 0.2) is 11.3 Å². The molecule has 7 nitrogen and oxygen atoms in total. The number of fused-ring (bicyclic) bond motifs is 1. The van der Waals surface area contributed by atoms with Gasteiger partial charge >= 0.3 is 12.2 Å². The van der Waals surface area contributed by atoms with Crippen LogP contribution in [-0.4, -0.2) is 29.7 Å². The maximum atomic E-state index is 13.0. The lowest BCUT2D eigenvalue weighted by molar-refractivity contribution is -0.141. The van der Waals surface area contributed by atoms with Crippen molar-refractivity contribution in [2.45, 2.75) is 51.2 Å². The van der Waals surface area contributed by atoms with Gasteiger partial charge in [-0.15, -0.1) is 0 Å². The number of nitrogens with zero attached hydrogens (tertiary/aromatic N) is 1. The van der Waals surface area contributed by atoms with Gasteiger partial charge in [0, 0.05) is 18.0 Å². The number of nitrogens with one attached hydrogen (secondary N) is 2. The molecular weight excluding hydrogens is 379 g/mol. The normalized spacial score (nSPS) is 17.5. The van der Waals surface area contributed by atoms with Crippen LogP contribution < -0.4 is 15.4 Å². The third-order valence-electron chi connectivity index (χ3n) is 4.44. The third-order valence-corrected chi connectivity index (χ3v) is 4.44. The Labute approximate surface area is 158 Å². The van der Waals surface area contributed by atoms with E-state index in [4.69, 9.17) is 9.26 Å². The molecule has 0 bridgehead atoms. The van der Waals surface area contributed by atoms with Crippen molar-refractivity contribution >= 4 is 22.9 Å². The number of benzene rings is 1. The van der Waals surface area contributed by atoms with E-state index in [1.165, 1.54) is 12.1 Å². The number of alkyl halides is 3. The fourth-order valence-electron chi connectivity index (χ4n) is 3.23. The summed E-state index contributed by atoms with van der Waals surface area (Å²) in [5.41, 5.74) is -0.408. The van der Waals surface area contributed by atoms with Crippen molar-refractivity contribution < 1.29 is 32.0 Å². The number of amides is 3. The number of halogens is 3. The maximum absolute atomic E-state index is 13.0. The first kappa shape index (κ1) is 20.0. The molecule has 2 heterocycles. The fraction of sp³-hybridized carbons (Fsp3) is 0.500. The summed E-state index contributed by atoms with van der Waals surface area (Å²) in [5, 5.41) is 7.93. The smallest absolute Gasteiger partial charge is 0.437 e. The minimum Gasteiger partial charge on any atom is -0.493 e. The van der Waals surface area contributed by atoms with Crippen LogP contribution in [0, 0.1) is 0 Å². The van der Waals surface area contributed by atoms with Gasteiger partial charge in [0.2, 0.25) is 5.91 Å². The van der Waals surface area contributed by atoms with Gasteiger partial charge in [0.25, 0.3) is 0 Å². The summed E-state index contributed by atoms with van der Waals surface area (Å²) in [5.74, 6) is 0.126. The maximum Gasteiger partial charge on any atom is 0.437 e. The summed E-state index contributed by atoms with van der Waals surface area (Å²) in [6.07, 6.45) is -2.10. The number of imide groups is 1. The number of hydrogen-bond donors (Lipinski definition) is 2. The highest BCUT2D eigenvalue weighted by Crippen LogP contribution is 2.38. The van der Waals surface area contributed by atoms with Gasteiger partial charge < -0.3 is 14.6 Å². The molecule has 1 aliphatic heterocycles. The monoisotopic (exact) mass is 399 g/mol. The van der Waals surface area contributed by atoms with Crippen LogP contribution in [0.3, 0.4) is 0 Å². The van der Waals surface area contributed by atoms with Gasteiger partial charge in [-0.1, -0.05) is 18.5 Å². The number of carbonyl (C=O) groups excluding carboxylic acids is 2. The van der Waals surface area contributed by atoms with Crippen LogP contribution >= 0.6 is 0 Å². The van der Waals surface area contributed by atoms with Gasteiger partial charge in [-0.3, -0.25) is 10.1 Å². The van der Waals surface area contributed by atoms with Crippen LogP contribution in [0.5, 0.6) is 5.75 Å². The van der Waals surface area contributed by atoms with Crippen molar-refractivity contribution in [3.63, 3.8) is 0 Å². The Morgan fingerprint density at radius 3 is 2.79 bits per heavy atom. The van der Waals surface area contributed by atoms with Crippen LogP contribution in [-0.2, 0) is 17.4 Å². The Kier molecular flexibility index (Phi) is 5.76.